The van der Waals surface area contributed by atoms with E-state index in [0.717, 1.165) is 0 Å². The molecule has 0 saturated heterocycles. The van der Waals surface area contributed by atoms with Crippen molar-refractivity contribution in [3.63, 3.8) is 0 Å². The summed E-state index contributed by atoms with van der Waals surface area (Å²) in [6.45, 7) is 3.04. The van der Waals surface area contributed by atoms with Gasteiger partial charge in [-0.1, -0.05) is 13.8 Å². The first kappa shape index (κ1) is 18.5. The van der Waals surface area contributed by atoms with E-state index in [2.05, 4.69) is 15.0 Å². The van der Waals surface area contributed by atoms with Crippen molar-refractivity contribution in [3.8, 4) is 0 Å². The number of fused-ring (bicyclic) bond motifs is 1. The molecule has 0 spiro atoms. The van der Waals surface area contributed by atoms with Crippen molar-refractivity contribution in [1.29, 1.82) is 0 Å². The minimum atomic E-state index is -0.512. The molecule has 25 heavy (non-hydrogen) atoms. The highest BCUT2D eigenvalue weighted by Crippen LogP contribution is 2.08. The Labute approximate surface area is 142 Å². The number of carbonyl (C=O) groups excluding carboxylic acids is 2. The van der Waals surface area contributed by atoms with Gasteiger partial charge in [-0.05, 0) is 0 Å². The Morgan fingerprint density at radius 2 is 2.20 bits per heavy atom. The van der Waals surface area contributed by atoms with Gasteiger partial charge in [0.1, 0.15) is 6.54 Å². The second-order valence-corrected chi connectivity index (χ2v) is 5.82. The zero-order valence-corrected chi connectivity index (χ0v) is 14.0. The molecule has 10 nitrogen and oxygen atoms in total. The fraction of sp³-hybridized carbons (Fsp3) is 0.500. The number of carbonyl (C=O) groups is 2. The van der Waals surface area contributed by atoms with Gasteiger partial charge in [-0.2, -0.15) is 10.5 Å². The average molecular weight is 353 g/mol. The first-order valence-electron chi connectivity index (χ1n) is 7.68. The normalized spacial score (nSPS) is 11.2. The molecule has 0 radical (unpaired) electrons. The first-order valence-corrected chi connectivity index (χ1v) is 7.68. The zero-order valence-electron chi connectivity index (χ0n) is 14.0. The predicted molar refractivity (Wildman–Crippen MR) is 88.1 cm³/mol. The molecule has 0 fully saturated rings. The number of Topliss-reactive ketones (excluding diaryl/α,β-unsaturated/α-hetero) is 1. The standard InChI is InChI=1S/C14H20FN7O3/c1-8(2)9(23)5-21(4-3-18-15)10(24)6-22-7-17-11-12(22)19-14(16)20-13(11)25/h7-8,18H,3-6H2,1-2H3,(H3,16,19,20,25). The van der Waals surface area contributed by atoms with E-state index in [0.29, 0.717) is 0 Å². The van der Waals surface area contributed by atoms with Gasteiger partial charge in [0, 0.05) is 19.0 Å². The molecule has 0 saturated carbocycles. The Bertz CT molecular complexity index is 829. The van der Waals surface area contributed by atoms with Crippen LogP contribution in [0.25, 0.3) is 11.2 Å². The van der Waals surface area contributed by atoms with Crippen LogP contribution in [-0.4, -0.2) is 55.7 Å². The smallest absolute Gasteiger partial charge is 0.280 e. The molecule has 0 aromatic carbocycles. The van der Waals surface area contributed by atoms with Crippen LogP contribution < -0.4 is 16.8 Å². The van der Waals surface area contributed by atoms with E-state index in [1.165, 1.54) is 21.3 Å². The third-order valence-electron chi connectivity index (χ3n) is 3.62. The fourth-order valence-electron chi connectivity index (χ4n) is 2.17. The molecule has 136 valence electrons. The summed E-state index contributed by atoms with van der Waals surface area (Å²) in [7, 11) is 0. The molecular weight excluding hydrogens is 333 g/mol. The second kappa shape index (κ2) is 7.83. The Balaban J connectivity index is 2.22. The summed E-state index contributed by atoms with van der Waals surface area (Å²) in [5.74, 6) is -0.909. The minimum absolute atomic E-state index is 0.0244. The van der Waals surface area contributed by atoms with Crippen LogP contribution in [0.3, 0.4) is 0 Å². The number of anilines is 1. The molecule has 0 aliphatic rings. The van der Waals surface area contributed by atoms with Crippen LogP contribution in [0.15, 0.2) is 11.1 Å². The number of nitrogens with two attached hydrogens (primary N) is 1. The first-order chi connectivity index (χ1) is 11.8. The largest absolute Gasteiger partial charge is 0.369 e. The second-order valence-electron chi connectivity index (χ2n) is 5.82. The number of aromatic amines is 1. The highest BCUT2D eigenvalue weighted by Gasteiger charge is 2.20. The molecule has 4 N–H and O–H groups in total. The average Bonchev–Trinajstić information content (AvgIpc) is 2.94. The quantitative estimate of drug-likeness (QED) is 0.530. The van der Waals surface area contributed by atoms with Gasteiger partial charge >= 0.3 is 0 Å². The van der Waals surface area contributed by atoms with Crippen molar-refractivity contribution < 1.29 is 14.1 Å². The lowest BCUT2D eigenvalue weighted by Gasteiger charge is -2.22. The van der Waals surface area contributed by atoms with Crippen molar-refractivity contribution >= 4 is 28.8 Å². The number of rotatable bonds is 8. The molecule has 0 atom stereocenters. The number of nitrogen functional groups attached to an aromatic ring is 1. The van der Waals surface area contributed by atoms with Gasteiger partial charge in [-0.15, -0.1) is 4.48 Å². The number of imidazole rings is 1. The van der Waals surface area contributed by atoms with Gasteiger partial charge in [0.05, 0.1) is 12.9 Å². The lowest BCUT2D eigenvalue weighted by Crippen LogP contribution is -2.41. The molecule has 0 bridgehead atoms. The van der Waals surface area contributed by atoms with Crippen molar-refractivity contribution in [2.75, 3.05) is 25.4 Å². The van der Waals surface area contributed by atoms with Crippen molar-refractivity contribution in [3.05, 3.63) is 16.7 Å². The maximum atomic E-state index is 12.5. The number of nitrogens with one attached hydrogen (secondary N) is 2. The molecule has 1 amide bonds. The number of halogens is 1. The number of nitrogens with zero attached hydrogens (tertiary/aromatic N) is 4. The predicted octanol–water partition coefficient (Wildman–Crippen LogP) is -0.770. The van der Waals surface area contributed by atoms with E-state index in [9.17, 15) is 18.9 Å². The van der Waals surface area contributed by atoms with Gasteiger partial charge in [0.25, 0.3) is 5.56 Å². The van der Waals surface area contributed by atoms with Gasteiger partial charge in [-0.3, -0.25) is 19.4 Å². The van der Waals surface area contributed by atoms with E-state index < -0.39 is 11.5 Å². The van der Waals surface area contributed by atoms with Crippen molar-refractivity contribution in [1.82, 2.24) is 30.0 Å². The third kappa shape index (κ3) is 4.38. The number of hydrogen-bond acceptors (Lipinski definition) is 7. The number of aromatic nitrogens is 4. The Hall–Kier alpha value is -2.82. The van der Waals surface area contributed by atoms with Crippen LogP contribution >= 0.6 is 0 Å². The summed E-state index contributed by atoms with van der Waals surface area (Å²) in [6, 6.07) is 0. The monoisotopic (exact) mass is 353 g/mol. The lowest BCUT2D eigenvalue weighted by molar-refractivity contribution is -0.136. The van der Waals surface area contributed by atoms with Crippen molar-refractivity contribution in [2.24, 2.45) is 5.92 Å². The van der Waals surface area contributed by atoms with Crippen LogP contribution in [0.4, 0.5) is 10.4 Å². The third-order valence-corrected chi connectivity index (χ3v) is 3.62. The summed E-state index contributed by atoms with van der Waals surface area (Å²) < 4.78 is 13.6. The highest BCUT2D eigenvalue weighted by molar-refractivity contribution is 5.87. The van der Waals surface area contributed by atoms with Crippen LogP contribution in [0, 0.1) is 5.92 Å². The molecule has 0 unspecified atom stereocenters. The summed E-state index contributed by atoms with van der Waals surface area (Å²) in [6.07, 6.45) is 1.29. The van der Waals surface area contributed by atoms with E-state index in [4.69, 9.17) is 5.73 Å². The number of hydrogen-bond donors (Lipinski definition) is 3. The maximum Gasteiger partial charge on any atom is 0.280 e. The molecule has 2 heterocycles. The van der Waals surface area contributed by atoms with Crippen molar-refractivity contribution in [2.45, 2.75) is 20.4 Å². The van der Waals surface area contributed by atoms with Crippen LogP contribution in [0.1, 0.15) is 13.8 Å². The summed E-state index contributed by atoms with van der Waals surface area (Å²) in [5.41, 5.74) is 6.67. The summed E-state index contributed by atoms with van der Waals surface area (Å²) in [5, 5.41) is 0. The summed E-state index contributed by atoms with van der Waals surface area (Å²) in [4.78, 5) is 47.6. The maximum absolute atomic E-state index is 12.5. The van der Waals surface area contributed by atoms with Crippen LogP contribution in [0.5, 0.6) is 0 Å². The molecule has 2 aromatic rings. The molecule has 0 aliphatic heterocycles. The van der Waals surface area contributed by atoms with Gasteiger partial charge in [0.15, 0.2) is 16.9 Å². The van der Waals surface area contributed by atoms with Crippen LogP contribution in [-0.2, 0) is 16.1 Å². The Morgan fingerprint density at radius 1 is 1.48 bits per heavy atom. The number of H-pyrrole nitrogens is 1. The molecule has 0 aliphatic carbocycles. The Kier molecular flexibility index (Phi) is 5.80. The van der Waals surface area contributed by atoms with Gasteiger partial charge < -0.3 is 15.2 Å². The van der Waals surface area contributed by atoms with Gasteiger partial charge in [-0.25, -0.2) is 4.98 Å². The number of amides is 1. The van der Waals surface area contributed by atoms with Crippen LogP contribution in [0.2, 0.25) is 0 Å². The molecule has 2 aromatic heterocycles. The topological polar surface area (TPSA) is 139 Å². The fourth-order valence-corrected chi connectivity index (χ4v) is 2.17. The number of ketones is 1. The van der Waals surface area contributed by atoms with E-state index >= 15 is 0 Å². The molecule has 2 rings (SSSR count). The SMILES string of the molecule is CC(C)C(=O)CN(CCNF)C(=O)Cn1cnc2c(=O)[nH]c(N)nc21. The summed E-state index contributed by atoms with van der Waals surface area (Å²) >= 11 is 0. The lowest BCUT2D eigenvalue weighted by atomic mass is 10.1. The van der Waals surface area contributed by atoms with E-state index in [-0.39, 0.29) is 55.0 Å². The van der Waals surface area contributed by atoms with Gasteiger partial charge in [0.2, 0.25) is 11.9 Å². The Morgan fingerprint density at radius 3 is 2.84 bits per heavy atom. The highest BCUT2D eigenvalue weighted by atomic mass is 19.2. The van der Waals surface area contributed by atoms with E-state index in [1.54, 1.807) is 13.8 Å². The molecular formula is C14H20FN7O3. The minimum Gasteiger partial charge on any atom is -0.369 e. The van der Waals surface area contributed by atoms with E-state index in [1.807, 2.05) is 0 Å². The zero-order chi connectivity index (χ0) is 18.6. The molecule has 11 heteroatoms.